The molecule has 0 aromatic heterocycles. The van der Waals surface area contributed by atoms with Crippen molar-refractivity contribution in [2.24, 2.45) is 0 Å². The van der Waals surface area contributed by atoms with E-state index in [0.29, 0.717) is 12.2 Å². The van der Waals surface area contributed by atoms with Crippen LogP contribution in [-0.4, -0.2) is 12.2 Å². The molecule has 1 aliphatic carbocycles. The van der Waals surface area contributed by atoms with Crippen LogP contribution in [0.5, 0.6) is 0 Å². The van der Waals surface area contributed by atoms with Crippen LogP contribution < -0.4 is 0 Å². The van der Waals surface area contributed by atoms with E-state index in [1.807, 2.05) is 0 Å². The Morgan fingerprint density at radius 3 is 3.18 bits per heavy atom. The van der Waals surface area contributed by atoms with Gasteiger partial charge in [-0.15, -0.1) is 0 Å². The van der Waals surface area contributed by atoms with Gasteiger partial charge in [-0.3, -0.25) is 0 Å². The van der Waals surface area contributed by atoms with Crippen LogP contribution in [0.15, 0.2) is 36.0 Å². The molecule has 2 aliphatic rings. The van der Waals surface area contributed by atoms with Crippen molar-refractivity contribution in [2.45, 2.75) is 25.6 Å². The van der Waals surface area contributed by atoms with Crippen molar-refractivity contribution in [3.05, 3.63) is 36.0 Å². The van der Waals surface area contributed by atoms with E-state index in [9.17, 15) is 0 Å². The summed E-state index contributed by atoms with van der Waals surface area (Å²) < 4.78 is 5.29. The summed E-state index contributed by atoms with van der Waals surface area (Å²) in [6.45, 7) is 2.14. The maximum Gasteiger partial charge on any atom is 0.107 e. The van der Waals surface area contributed by atoms with Crippen molar-refractivity contribution in [3.8, 4) is 0 Å². The van der Waals surface area contributed by atoms with Gasteiger partial charge in [0.05, 0.1) is 0 Å². The van der Waals surface area contributed by atoms with Crippen molar-refractivity contribution in [3.63, 3.8) is 0 Å². The van der Waals surface area contributed by atoms with Crippen molar-refractivity contribution < 1.29 is 4.74 Å². The monoisotopic (exact) mass is 148 g/mol. The van der Waals surface area contributed by atoms with Gasteiger partial charge in [-0.2, -0.15) is 0 Å². The molecule has 1 fully saturated rings. The Balaban J connectivity index is 2.03. The fourth-order valence-corrected chi connectivity index (χ4v) is 1.24. The molecule has 0 aromatic rings. The lowest BCUT2D eigenvalue weighted by Gasteiger charge is -1.95. The van der Waals surface area contributed by atoms with Gasteiger partial charge < -0.3 is 4.74 Å². The van der Waals surface area contributed by atoms with Crippen molar-refractivity contribution in [1.29, 1.82) is 0 Å². The molecule has 2 unspecified atom stereocenters. The van der Waals surface area contributed by atoms with E-state index in [4.69, 9.17) is 4.74 Å². The Morgan fingerprint density at radius 2 is 2.45 bits per heavy atom. The highest BCUT2D eigenvalue weighted by Gasteiger charge is 2.36. The van der Waals surface area contributed by atoms with Gasteiger partial charge in [-0.05, 0) is 18.1 Å². The van der Waals surface area contributed by atoms with E-state index >= 15 is 0 Å². The molecule has 0 bridgehead atoms. The Kier molecular flexibility index (Phi) is 1.66. The highest BCUT2D eigenvalue weighted by Crippen LogP contribution is 2.30. The molecule has 1 saturated heterocycles. The molecule has 0 spiro atoms. The standard InChI is InChI=1S/C10H12O/c1-2-3-4-8-5-6-9-10(7-8)11-9/h3-7,9-10H,2H2,1H3. The third kappa shape index (κ3) is 1.43. The summed E-state index contributed by atoms with van der Waals surface area (Å²) >= 11 is 0. The van der Waals surface area contributed by atoms with Crippen LogP contribution in [0, 0.1) is 0 Å². The van der Waals surface area contributed by atoms with E-state index in [2.05, 4.69) is 37.3 Å². The van der Waals surface area contributed by atoms with Gasteiger partial charge in [0.25, 0.3) is 0 Å². The molecular weight excluding hydrogens is 136 g/mol. The highest BCUT2D eigenvalue weighted by atomic mass is 16.6. The normalized spacial score (nSPS) is 33.7. The van der Waals surface area contributed by atoms with Crippen LogP contribution >= 0.6 is 0 Å². The molecule has 1 heterocycles. The predicted molar refractivity (Wildman–Crippen MR) is 45.3 cm³/mol. The summed E-state index contributed by atoms with van der Waals surface area (Å²) in [7, 11) is 0. The van der Waals surface area contributed by atoms with Gasteiger partial charge in [-0.25, -0.2) is 0 Å². The molecule has 1 heteroatoms. The van der Waals surface area contributed by atoms with E-state index in [1.54, 1.807) is 0 Å². The Bertz CT molecular complexity index is 235. The molecule has 0 radical (unpaired) electrons. The Hall–Kier alpha value is -0.820. The molecule has 11 heavy (non-hydrogen) atoms. The number of ether oxygens (including phenoxy) is 1. The molecule has 2 rings (SSSR count). The Morgan fingerprint density at radius 1 is 1.55 bits per heavy atom. The lowest BCUT2D eigenvalue weighted by molar-refractivity contribution is 0.414. The molecule has 1 nitrogen and oxygen atoms in total. The van der Waals surface area contributed by atoms with Gasteiger partial charge >= 0.3 is 0 Å². The minimum absolute atomic E-state index is 0.386. The van der Waals surface area contributed by atoms with E-state index in [-0.39, 0.29) is 0 Å². The second kappa shape index (κ2) is 2.67. The lowest BCUT2D eigenvalue weighted by Crippen LogP contribution is -1.92. The van der Waals surface area contributed by atoms with E-state index < -0.39 is 0 Å². The maximum absolute atomic E-state index is 5.29. The van der Waals surface area contributed by atoms with E-state index in [0.717, 1.165) is 6.42 Å². The Labute approximate surface area is 67.1 Å². The third-order valence-electron chi connectivity index (χ3n) is 1.94. The topological polar surface area (TPSA) is 12.5 Å². The summed E-state index contributed by atoms with van der Waals surface area (Å²) in [5, 5.41) is 0. The van der Waals surface area contributed by atoms with Crippen molar-refractivity contribution in [2.75, 3.05) is 0 Å². The van der Waals surface area contributed by atoms with Gasteiger partial charge in [0.2, 0.25) is 0 Å². The molecule has 0 N–H and O–H groups in total. The fourth-order valence-electron chi connectivity index (χ4n) is 1.24. The number of allylic oxidation sites excluding steroid dienone is 4. The first kappa shape index (κ1) is 6.86. The number of hydrogen-bond donors (Lipinski definition) is 0. The molecular formula is C10H12O. The van der Waals surface area contributed by atoms with Crippen LogP contribution in [0.4, 0.5) is 0 Å². The molecule has 0 amide bonds. The predicted octanol–water partition coefficient (Wildman–Crippen LogP) is 2.22. The first-order valence-corrected chi connectivity index (χ1v) is 4.12. The number of epoxide rings is 1. The van der Waals surface area contributed by atoms with E-state index in [1.165, 1.54) is 5.57 Å². The quantitative estimate of drug-likeness (QED) is 0.547. The SMILES string of the molecule is CCC=CC1=CC2OC2C=C1. The van der Waals surface area contributed by atoms with Crippen LogP contribution in [0.3, 0.4) is 0 Å². The molecule has 0 aromatic carbocycles. The second-order valence-corrected chi connectivity index (χ2v) is 2.90. The molecule has 0 saturated carbocycles. The number of fused-ring (bicyclic) bond motifs is 1. The third-order valence-corrected chi connectivity index (χ3v) is 1.94. The first-order valence-electron chi connectivity index (χ1n) is 4.12. The highest BCUT2D eigenvalue weighted by molar-refractivity contribution is 5.38. The summed E-state index contributed by atoms with van der Waals surface area (Å²) in [5.41, 5.74) is 1.28. The van der Waals surface area contributed by atoms with Crippen molar-refractivity contribution >= 4 is 0 Å². The number of hydrogen-bond acceptors (Lipinski definition) is 1. The zero-order valence-corrected chi connectivity index (χ0v) is 6.66. The maximum atomic E-state index is 5.29. The summed E-state index contributed by atoms with van der Waals surface area (Å²) in [4.78, 5) is 0. The summed E-state index contributed by atoms with van der Waals surface area (Å²) in [5.74, 6) is 0. The second-order valence-electron chi connectivity index (χ2n) is 2.90. The van der Waals surface area contributed by atoms with Gasteiger partial charge in [0.15, 0.2) is 0 Å². The van der Waals surface area contributed by atoms with Gasteiger partial charge in [-0.1, -0.05) is 31.2 Å². The molecule has 58 valence electrons. The summed E-state index contributed by atoms with van der Waals surface area (Å²) in [6.07, 6.45) is 12.6. The molecule has 1 aliphatic heterocycles. The van der Waals surface area contributed by atoms with Gasteiger partial charge in [0, 0.05) is 0 Å². The lowest BCUT2D eigenvalue weighted by atomic mass is 10.1. The average Bonchev–Trinajstić information content (AvgIpc) is 2.78. The zero-order chi connectivity index (χ0) is 7.68. The first-order chi connectivity index (χ1) is 5.40. The van der Waals surface area contributed by atoms with Crippen LogP contribution in [0.2, 0.25) is 0 Å². The van der Waals surface area contributed by atoms with Crippen LogP contribution in [0.1, 0.15) is 13.3 Å². The minimum atomic E-state index is 0.386. The average molecular weight is 148 g/mol. The largest absolute Gasteiger partial charge is 0.361 e. The molecule has 2 atom stereocenters. The fraction of sp³-hybridized carbons (Fsp3) is 0.400. The van der Waals surface area contributed by atoms with Crippen LogP contribution in [0.25, 0.3) is 0 Å². The zero-order valence-electron chi connectivity index (χ0n) is 6.66. The minimum Gasteiger partial charge on any atom is -0.361 e. The smallest absolute Gasteiger partial charge is 0.107 e. The van der Waals surface area contributed by atoms with Crippen molar-refractivity contribution in [1.82, 2.24) is 0 Å². The summed E-state index contributed by atoms with van der Waals surface area (Å²) in [6, 6.07) is 0. The number of rotatable bonds is 2. The van der Waals surface area contributed by atoms with Crippen LogP contribution in [-0.2, 0) is 4.74 Å². The van der Waals surface area contributed by atoms with Gasteiger partial charge in [0.1, 0.15) is 12.2 Å².